The zero-order chi connectivity index (χ0) is 14.1. The summed E-state index contributed by atoms with van der Waals surface area (Å²) in [7, 11) is 0. The number of rotatable bonds is 3. The Kier molecular flexibility index (Phi) is 3.96. The van der Waals surface area contributed by atoms with E-state index in [-0.39, 0.29) is 5.82 Å². The molecule has 3 rings (SSSR count). The summed E-state index contributed by atoms with van der Waals surface area (Å²) in [6.07, 6.45) is 5.17. The van der Waals surface area contributed by atoms with E-state index in [1.165, 1.54) is 25.7 Å². The standard InChI is InChI=1S/C15H19BrFN3/c1-9-2-4-10(5-3-9)8-18-15-19-12-7-6-11(16)13(17)14(12)20-15/h6-7,9-10H,2-5,8H2,1H3,(H2,18,19,20). The third-order valence-electron chi connectivity index (χ3n) is 4.24. The van der Waals surface area contributed by atoms with E-state index in [2.05, 4.69) is 38.1 Å². The van der Waals surface area contributed by atoms with Gasteiger partial charge in [0, 0.05) is 6.54 Å². The van der Waals surface area contributed by atoms with E-state index in [1.807, 2.05) is 6.07 Å². The summed E-state index contributed by atoms with van der Waals surface area (Å²) < 4.78 is 14.3. The Bertz CT molecular complexity index is 602. The molecule has 3 nitrogen and oxygen atoms in total. The van der Waals surface area contributed by atoms with Gasteiger partial charge in [0.1, 0.15) is 5.52 Å². The van der Waals surface area contributed by atoms with Crippen LogP contribution in [0.25, 0.3) is 11.0 Å². The molecule has 0 spiro atoms. The number of nitrogens with one attached hydrogen (secondary N) is 2. The van der Waals surface area contributed by atoms with Crippen LogP contribution in [-0.4, -0.2) is 16.5 Å². The summed E-state index contributed by atoms with van der Waals surface area (Å²) in [5, 5.41) is 3.32. The number of nitrogens with zero attached hydrogens (tertiary/aromatic N) is 1. The fourth-order valence-corrected chi connectivity index (χ4v) is 3.20. The molecular formula is C15H19BrFN3. The molecule has 1 aliphatic rings. The van der Waals surface area contributed by atoms with Crippen molar-refractivity contribution in [1.82, 2.24) is 9.97 Å². The molecule has 108 valence electrons. The molecule has 2 aromatic rings. The van der Waals surface area contributed by atoms with E-state index in [1.54, 1.807) is 6.07 Å². The van der Waals surface area contributed by atoms with Gasteiger partial charge in [-0.3, -0.25) is 0 Å². The summed E-state index contributed by atoms with van der Waals surface area (Å²) in [5.74, 6) is 1.92. The van der Waals surface area contributed by atoms with Crippen molar-refractivity contribution < 1.29 is 4.39 Å². The highest BCUT2D eigenvalue weighted by Crippen LogP contribution is 2.29. The minimum atomic E-state index is -0.307. The van der Waals surface area contributed by atoms with Crippen molar-refractivity contribution in [1.29, 1.82) is 0 Å². The van der Waals surface area contributed by atoms with Gasteiger partial charge in [0.15, 0.2) is 5.82 Å². The fourth-order valence-electron chi connectivity index (χ4n) is 2.88. The van der Waals surface area contributed by atoms with Crippen molar-refractivity contribution in [2.75, 3.05) is 11.9 Å². The Morgan fingerprint density at radius 2 is 2.10 bits per heavy atom. The van der Waals surface area contributed by atoms with Crippen LogP contribution in [0.1, 0.15) is 32.6 Å². The number of halogens is 2. The Labute approximate surface area is 126 Å². The highest BCUT2D eigenvalue weighted by Gasteiger charge is 2.18. The van der Waals surface area contributed by atoms with Crippen molar-refractivity contribution in [2.24, 2.45) is 11.8 Å². The maximum absolute atomic E-state index is 13.9. The molecule has 1 aliphatic carbocycles. The number of aromatic nitrogens is 2. The number of fused-ring (bicyclic) bond motifs is 1. The van der Waals surface area contributed by atoms with Crippen LogP contribution in [0.4, 0.5) is 10.3 Å². The monoisotopic (exact) mass is 339 g/mol. The molecule has 1 aromatic heterocycles. The van der Waals surface area contributed by atoms with E-state index in [4.69, 9.17) is 0 Å². The topological polar surface area (TPSA) is 40.7 Å². The molecule has 1 fully saturated rings. The third-order valence-corrected chi connectivity index (χ3v) is 4.85. The minimum Gasteiger partial charge on any atom is -0.356 e. The van der Waals surface area contributed by atoms with E-state index < -0.39 is 0 Å². The van der Waals surface area contributed by atoms with Crippen LogP contribution in [0, 0.1) is 17.7 Å². The summed E-state index contributed by atoms with van der Waals surface area (Å²) in [6.45, 7) is 3.23. The molecule has 5 heteroatoms. The van der Waals surface area contributed by atoms with Crippen molar-refractivity contribution in [3.8, 4) is 0 Å². The molecule has 0 saturated heterocycles. The smallest absolute Gasteiger partial charge is 0.201 e. The second-order valence-electron chi connectivity index (χ2n) is 5.85. The van der Waals surface area contributed by atoms with Crippen LogP contribution < -0.4 is 5.32 Å². The maximum Gasteiger partial charge on any atom is 0.201 e. The molecule has 1 saturated carbocycles. The Morgan fingerprint density at radius 3 is 2.85 bits per heavy atom. The number of aromatic amines is 1. The predicted molar refractivity (Wildman–Crippen MR) is 83.4 cm³/mol. The highest BCUT2D eigenvalue weighted by atomic mass is 79.9. The Hall–Kier alpha value is -1.10. The molecule has 20 heavy (non-hydrogen) atoms. The first-order chi connectivity index (χ1) is 9.63. The number of anilines is 1. The van der Waals surface area contributed by atoms with Gasteiger partial charge in [-0.1, -0.05) is 19.8 Å². The fraction of sp³-hybridized carbons (Fsp3) is 0.533. The van der Waals surface area contributed by atoms with E-state index in [0.29, 0.717) is 21.9 Å². The molecule has 0 unspecified atom stereocenters. The van der Waals surface area contributed by atoms with Gasteiger partial charge in [0.25, 0.3) is 0 Å². The number of imidazole rings is 1. The summed E-state index contributed by atoms with van der Waals surface area (Å²) in [4.78, 5) is 7.43. The van der Waals surface area contributed by atoms with Gasteiger partial charge in [-0.25, -0.2) is 9.37 Å². The van der Waals surface area contributed by atoms with Gasteiger partial charge in [0.2, 0.25) is 5.95 Å². The SMILES string of the molecule is CC1CCC(CNc2nc3c(F)c(Br)ccc3[nH]2)CC1. The average Bonchev–Trinajstić information content (AvgIpc) is 2.86. The largest absolute Gasteiger partial charge is 0.356 e. The lowest BCUT2D eigenvalue weighted by Crippen LogP contribution is -2.20. The van der Waals surface area contributed by atoms with Crippen molar-refractivity contribution in [3.63, 3.8) is 0 Å². The maximum atomic E-state index is 13.9. The molecule has 1 heterocycles. The Morgan fingerprint density at radius 1 is 1.35 bits per heavy atom. The normalized spacial score (nSPS) is 23.1. The van der Waals surface area contributed by atoms with Gasteiger partial charge in [-0.05, 0) is 52.7 Å². The lowest BCUT2D eigenvalue weighted by atomic mass is 9.83. The summed E-state index contributed by atoms with van der Waals surface area (Å²) in [5.41, 5.74) is 1.12. The van der Waals surface area contributed by atoms with Crippen LogP contribution in [0.2, 0.25) is 0 Å². The Balaban J connectivity index is 1.67. The van der Waals surface area contributed by atoms with E-state index in [9.17, 15) is 4.39 Å². The first-order valence-corrected chi connectivity index (χ1v) is 8.00. The zero-order valence-electron chi connectivity index (χ0n) is 11.5. The predicted octanol–water partition coefficient (Wildman–Crippen LogP) is 4.70. The lowest BCUT2D eigenvalue weighted by Gasteiger charge is -2.26. The third kappa shape index (κ3) is 2.82. The van der Waals surface area contributed by atoms with Crippen LogP contribution in [-0.2, 0) is 0 Å². The van der Waals surface area contributed by atoms with Gasteiger partial charge >= 0.3 is 0 Å². The van der Waals surface area contributed by atoms with Crippen LogP contribution >= 0.6 is 15.9 Å². The number of H-pyrrole nitrogens is 1. The zero-order valence-corrected chi connectivity index (χ0v) is 13.1. The quantitative estimate of drug-likeness (QED) is 0.850. The van der Waals surface area contributed by atoms with Gasteiger partial charge in [-0.15, -0.1) is 0 Å². The van der Waals surface area contributed by atoms with Crippen molar-refractivity contribution in [3.05, 3.63) is 22.4 Å². The molecule has 0 aliphatic heterocycles. The average molecular weight is 340 g/mol. The molecule has 0 radical (unpaired) electrons. The molecule has 1 aromatic carbocycles. The molecule has 0 bridgehead atoms. The lowest BCUT2D eigenvalue weighted by molar-refractivity contribution is 0.300. The number of benzene rings is 1. The minimum absolute atomic E-state index is 0.307. The number of hydrogen-bond acceptors (Lipinski definition) is 2. The summed E-state index contributed by atoms with van der Waals surface area (Å²) in [6, 6.07) is 3.53. The first-order valence-electron chi connectivity index (χ1n) is 7.21. The van der Waals surface area contributed by atoms with Gasteiger partial charge in [0.05, 0.1) is 9.99 Å². The summed E-state index contributed by atoms with van der Waals surface area (Å²) >= 11 is 3.18. The van der Waals surface area contributed by atoms with Crippen LogP contribution in [0.15, 0.2) is 16.6 Å². The van der Waals surface area contributed by atoms with E-state index in [0.717, 1.165) is 18.0 Å². The molecule has 2 N–H and O–H groups in total. The highest BCUT2D eigenvalue weighted by molar-refractivity contribution is 9.10. The second kappa shape index (κ2) is 5.72. The molecular weight excluding hydrogens is 321 g/mol. The number of hydrogen-bond donors (Lipinski definition) is 2. The first kappa shape index (κ1) is 13.9. The van der Waals surface area contributed by atoms with Crippen molar-refractivity contribution >= 4 is 32.9 Å². The van der Waals surface area contributed by atoms with Crippen molar-refractivity contribution in [2.45, 2.75) is 32.6 Å². The van der Waals surface area contributed by atoms with Gasteiger partial charge in [-0.2, -0.15) is 0 Å². The van der Waals surface area contributed by atoms with Crippen LogP contribution in [0.5, 0.6) is 0 Å². The molecule has 0 amide bonds. The molecule has 0 atom stereocenters. The second-order valence-corrected chi connectivity index (χ2v) is 6.70. The van der Waals surface area contributed by atoms with E-state index >= 15 is 0 Å². The van der Waals surface area contributed by atoms with Crippen LogP contribution in [0.3, 0.4) is 0 Å². The van der Waals surface area contributed by atoms with Gasteiger partial charge < -0.3 is 10.3 Å².